The summed E-state index contributed by atoms with van der Waals surface area (Å²) >= 11 is 5.90. The van der Waals surface area contributed by atoms with Gasteiger partial charge in [0.2, 0.25) is 0 Å². The fraction of sp³-hybridized carbons (Fsp3) is 0.500. The largest absolute Gasteiger partial charge is 0.487 e. The number of hydrogen-bond acceptors (Lipinski definition) is 2. The molecule has 0 N–H and O–H groups in total. The van der Waals surface area contributed by atoms with Crippen molar-refractivity contribution in [1.29, 1.82) is 0 Å². The maximum atomic E-state index is 5.90. The molecule has 15 heavy (non-hydrogen) atoms. The molecule has 0 fully saturated rings. The Balaban J connectivity index is 0.000000531. The van der Waals surface area contributed by atoms with Gasteiger partial charge in [-0.25, -0.2) is 0 Å². The van der Waals surface area contributed by atoms with Gasteiger partial charge in [-0.3, -0.25) is 0 Å². The van der Waals surface area contributed by atoms with Crippen LogP contribution in [0.2, 0.25) is 5.02 Å². The average Bonchev–Trinajstić information content (AvgIpc) is 2.22. The minimum atomic E-state index is 0.249. The minimum absolute atomic E-state index is 0.249. The number of benzene rings is 1. The van der Waals surface area contributed by atoms with Gasteiger partial charge < -0.3 is 9.64 Å². The van der Waals surface area contributed by atoms with E-state index in [0.717, 1.165) is 23.0 Å². The van der Waals surface area contributed by atoms with Gasteiger partial charge in [0.05, 0.1) is 12.2 Å². The van der Waals surface area contributed by atoms with Crippen molar-refractivity contribution < 1.29 is 4.74 Å². The number of nitrogens with zero attached hydrogens (tertiary/aromatic N) is 1. The molecule has 1 unspecified atom stereocenters. The van der Waals surface area contributed by atoms with E-state index < -0.39 is 0 Å². The van der Waals surface area contributed by atoms with Crippen LogP contribution in [0.4, 0.5) is 5.69 Å². The van der Waals surface area contributed by atoms with Crippen LogP contribution in [0.25, 0.3) is 0 Å². The molecular formula is C12H18ClNO. The van der Waals surface area contributed by atoms with Gasteiger partial charge in [0.15, 0.2) is 0 Å². The van der Waals surface area contributed by atoms with Crippen molar-refractivity contribution in [3.05, 3.63) is 23.2 Å². The van der Waals surface area contributed by atoms with E-state index in [1.807, 2.05) is 39.1 Å². The first-order valence-electron chi connectivity index (χ1n) is 5.34. The summed E-state index contributed by atoms with van der Waals surface area (Å²) in [4.78, 5) is 2.16. The second kappa shape index (κ2) is 5.26. The summed E-state index contributed by atoms with van der Waals surface area (Å²) in [6.45, 7) is 6.97. The van der Waals surface area contributed by atoms with Crippen LogP contribution >= 0.6 is 11.6 Å². The lowest BCUT2D eigenvalue weighted by atomic mass is 10.2. The molecule has 0 amide bonds. The fourth-order valence-electron chi connectivity index (χ4n) is 1.63. The van der Waals surface area contributed by atoms with Gasteiger partial charge in [-0.05, 0) is 25.1 Å². The zero-order valence-electron chi connectivity index (χ0n) is 9.75. The van der Waals surface area contributed by atoms with Crippen LogP contribution in [0.1, 0.15) is 20.8 Å². The fourth-order valence-corrected chi connectivity index (χ4v) is 1.79. The molecule has 1 aliphatic rings. The molecule has 0 radical (unpaired) electrons. The lowest BCUT2D eigenvalue weighted by Crippen LogP contribution is -2.35. The Bertz CT molecular complexity index is 327. The van der Waals surface area contributed by atoms with Crippen LogP contribution in [0, 0.1) is 0 Å². The number of likely N-dealkylation sites (N-methyl/N-ethyl adjacent to an activating group) is 1. The second-order valence-corrected chi connectivity index (χ2v) is 3.86. The van der Waals surface area contributed by atoms with E-state index in [2.05, 4.69) is 11.8 Å². The third kappa shape index (κ3) is 2.78. The van der Waals surface area contributed by atoms with Crippen LogP contribution in [0.15, 0.2) is 18.2 Å². The van der Waals surface area contributed by atoms with Crippen molar-refractivity contribution in [3.8, 4) is 5.75 Å². The molecule has 1 aromatic carbocycles. The standard InChI is InChI=1S/C10H12ClNO.C2H6/c1-7-6-12(2)9-5-8(11)3-4-10(9)13-7;1-2/h3-5,7H,6H2,1-2H3;1-2H3. The predicted molar refractivity (Wildman–Crippen MR) is 66.2 cm³/mol. The van der Waals surface area contributed by atoms with Gasteiger partial charge in [-0.2, -0.15) is 0 Å². The van der Waals surface area contributed by atoms with Gasteiger partial charge in [-0.15, -0.1) is 0 Å². The van der Waals surface area contributed by atoms with E-state index in [4.69, 9.17) is 16.3 Å². The van der Waals surface area contributed by atoms with E-state index in [0.29, 0.717) is 0 Å². The van der Waals surface area contributed by atoms with Crippen LogP contribution in [-0.2, 0) is 0 Å². The Morgan fingerprint density at radius 2 is 2.07 bits per heavy atom. The number of ether oxygens (including phenoxy) is 1. The molecule has 1 aromatic rings. The Morgan fingerprint density at radius 3 is 2.73 bits per heavy atom. The van der Waals surface area contributed by atoms with E-state index in [-0.39, 0.29) is 6.10 Å². The molecule has 2 nitrogen and oxygen atoms in total. The molecule has 1 aliphatic heterocycles. The Kier molecular flexibility index (Phi) is 4.28. The number of fused-ring (bicyclic) bond motifs is 1. The third-order valence-electron chi connectivity index (χ3n) is 2.19. The highest BCUT2D eigenvalue weighted by Gasteiger charge is 2.19. The quantitative estimate of drug-likeness (QED) is 0.672. The zero-order chi connectivity index (χ0) is 11.4. The smallest absolute Gasteiger partial charge is 0.143 e. The molecule has 0 saturated heterocycles. The number of rotatable bonds is 0. The molecule has 0 aromatic heterocycles. The van der Waals surface area contributed by atoms with Crippen molar-refractivity contribution in [2.24, 2.45) is 0 Å². The van der Waals surface area contributed by atoms with Crippen molar-refractivity contribution in [3.63, 3.8) is 0 Å². The van der Waals surface area contributed by atoms with Crippen molar-refractivity contribution >= 4 is 17.3 Å². The van der Waals surface area contributed by atoms with Crippen molar-refractivity contribution in [2.75, 3.05) is 18.5 Å². The summed E-state index contributed by atoms with van der Waals surface area (Å²) in [5, 5.41) is 0.753. The summed E-state index contributed by atoms with van der Waals surface area (Å²) in [5.74, 6) is 0.922. The lowest BCUT2D eigenvalue weighted by Gasteiger charge is -2.32. The normalized spacial score (nSPS) is 18.5. The summed E-state index contributed by atoms with van der Waals surface area (Å²) in [5.41, 5.74) is 1.07. The van der Waals surface area contributed by atoms with E-state index in [9.17, 15) is 0 Å². The zero-order valence-corrected chi connectivity index (χ0v) is 10.5. The van der Waals surface area contributed by atoms with Crippen molar-refractivity contribution in [1.82, 2.24) is 0 Å². The summed E-state index contributed by atoms with van der Waals surface area (Å²) in [6, 6.07) is 5.71. The molecule has 0 bridgehead atoms. The van der Waals surface area contributed by atoms with Gasteiger partial charge >= 0.3 is 0 Å². The van der Waals surface area contributed by atoms with Crippen LogP contribution in [0.3, 0.4) is 0 Å². The van der Waals surface area contributed by atoms with Crippen LogP contribution in [-0.4, -0.2) is 19.7 Å². The molecular weight excluding hydrogens is 210 g/mol. The molecule has 0 aliphatic carbocycles. The van der Waals surface area contributed by atoms with Gasteiger partial charge in [0.25, 0.3) is 0 Å². The average molecular weight is 228 g/mol. The molecule has 1 heterocycles. The van der Waals surface area contributed by atoms with Gasteiger partial charge in [-0.1, -0.05) is 25.4 Å². The highest BCUT2D eigenvalue weighted by Crippen LogP contribution is 2.34. The van der Waals surface area contributed by atoms with Gasteiger partial charge in [0.1, 0.15) is 11.9 Å². The van der Waals surface area contributed by atoms with E-state index >= 15 is 0 Å². The molecule has 2 rings (SSSR count). The first-order valence-corrected chi connectivity index (χ1v) is 5.72. The van der Waals surface area contributed by atoms with E-state index in [1.165, 1.54) is 0 Å². The number of anilines is 1. The highest BCUT2D eigenvalue weighted by atomic mass is 35.5. The Labute approximate surface area is 96.8 Å². The number of hydrogen-bond donors (Lipinski definition) is 0. The maximum absolute atomic E-state index is 5.90. The minimum Gasteiger partial charge on any atom is -0.487 e. The number of halogens is 1. The topological polar surface area (TPSA) is 12.5 Å². The predicted octanol–water partition coefficient (Wildman–Crippen LogP) is 3.58. The van der Waals surface area contributed by atoms with Gasteiger partial charge in [0, 0.05) is 12.1 Å². The summed E-state index contributed by atoms with van der Waals surface area (Å²) in [6.07, 6.45) is 0.249. The van der Waals surface area contributed by atoms with Crippen LogP contribution in [0.5, 0.6) is 5.75 Å². The van der Waals surface area contributed by atoms with Crippen molar-refractivity contribution in [2.45, 2.75) is 26.9 Å². The summed E-state index contributed by atoms with van der Waals surface area (Å²) < 4.78 is 5.66. The Hall–Kier alpha value is -0.890. The third-order valence-corrected chi connectivity index (χ3v) is 2.43. The lowest BCUT2D eigenvalue weighted by molar-refractivity contribution is 0.215. The molecule has 1 atom stereocenters. The first-order chi connectivity index (χ1) is 7.16. The molecule has 0 spiro atoms. The molecule has 3 heteroatoms. The highest BCUT2D eigenvalue weighted by molar-refractivity contribution is 6.30. The maximum Gasteiger partial charge on any atom is 0.143 e. The Morgan fingerprint density at radius 1 is 1.40 bits per heavy atom. The first kappa shape index (κ1) is 12.2. The SMILES string of the molecule is CC.CC1CN(C)c2cc(Cl)ccc2O1. The monoisotopic (exact) mass is 227 g/mol. The summed E-state index contributed by atoms with van der Waals surface area (Å²) in [7, 11) is 2.05. The van der Waals surface area contributed by atoms with Crippen LogP contribution < -0.4 is 9.64 Å². The molecule has 84 valence electrons. The second-order valence-electron chi connectivity index (χ2n) is 3.42. The molecule has 0 saturated carbocycles. The van der Waals surface area contributed by atoms with E-state index in [1.54, 1.807) is 0 Å².